The minimum atomic E-state index is -4.54. The van der Waals surface area contributed by atoms with Gasteiger partial charge in [-0.2, -0.15) is 13.2 Å². The molecule has 0 radical (unpaired) electrons. The topological polar surface area (TPSA) is 38.2 Å². The van der Waals surface area contributed by atoms with Gasteiger partial charge < -0.3 is 9.64 Å². The summed E-state index contributed by atoms with van der Waals surface area (Å²) in [6, 6.07) is 16.1. The van der Waals surface area contributed by atoms with Crippen LogP contribution in [0.15, 0.2) is 70.7 Å². The van der Waals surface area contributed by atoms with Crippen molar-refractivity contribution in [3.63, 3.8) is 0 Å². The largest absolute Gasteiger partial charge is 0.494 e. The normalized spacial score (nSPS) is 11.3. The molecule has 0 amide bonds. The van der Waals surface area contributed by atoms with E-state index in [-0.39, 0.29) is 11.0 Å². The second kappa shape index (κ2) is 9.17. The van der Waals surface area contributed by atoms with E-state index >= 15 is 0 Å². The van der Waals surface area contributed by atoms with Crippen LogP contribution in [0, 0.1) is 0 Å². The second-order valence-corrected chi connectivity index (χ2v) is 7.04. The molecule has 0 bridgehead atoms. The number of halogens is 3. The van der Waals surface area contributed by atoms with Crippen molar-refractivity contribution >= 4 is 23.4 Å². The Balaban J connectivity index is 1.98. The maximum atomic E-state index is 13.5. The Morgan fingerprint density at radius 3 is 2.28 bits per heavy atom. The van der Waals surface area contributed by atoms with Gasteiger partial charge in [0, 0.05) is 23.3 Å². The highest BCUT2D eigenvalue weighted by molar-refractivity contribution is 7.99. The first kappa shape index (κ1) is 21.0. The average Bonchev–Trinajstić information content (AvgIpc) is 2.70. The first-order valence-corrected chi connectivity index (χ1v) is 9.91. The van der Waals surface area contributed by atoms with Crippen molar-refractivity contribution in [2.45, 2.75) is 29.9 Å². The van der Waals surface area contributed by atoms with Crippen LogP contribution >= 0.6 is 11.8 Å². The van der Waals surface area contributed by atoms with E-state index in [1.165, 1.54) is 0 Å². The monoisotopic (exact) mass is 419 g/mol. The van der Waals surface area contributed by atoms with Gasteiger partial charge >= 0.3 is 6.18 Å². The predicted octanol–water partition coefficient (Wildman–Crippen LogP) is 6.20. The molecule has 0 N–H and O–H groups in total. The van der Waals surface area contributed by atoms with Crippen LogP contribution in [-0.2, 0) is 6.18 Å². The van der Waals surface area contributed by atoms with Crippen LogP contribution in [0.3, 0.4) is 0 Å². The summed E-state index contributed by atoms with van der Waals surface area (Å²) < 4.78 is 45.9. The first-order chi connectivity index (χ1) is 13.9. The van der Waals surface area contributed by atoms with Crippen LogP contribution < -0.4 is 9.64 Å². The van der Waals surface area contributed by atoms with Crippen molar-refractivity contribution in [3.05, 3.63) is 66.4 Å². The molecule has 0 unspecified atom stereocenters. The van der Waals surface area contributed by atoms with E-state index in [1.54, 1.807) is 29.2 Å². The van der Waals surface area contributed by atoms with Gasteiger partial charge in [0.1, 0.15) is 16.3 Å². The van der Waals surface area contributed by atoms with Gasteiger partial charge in [0.25, 0.3) is 0 Å². The minimum Gasteiger partial charge on any atom is -0.494 e. The van der Waals surface area contributed by atoms with Crippen LogP contribution in [0.4, 0.5) is 24.8 Å². The third-order valence-corrected chi connectivity index (χ3v) is 5.03. The number of anilines is 2. The lowest BCUT2D eigenvalue weighted by atomic mass is 10.2. The first-order valence-electron chi connectivity index (χ1n) is 9.10. The van der Waals surface area contributed by atoms with Crippen molar-refractivity contribution in [2.24, 2.45) is 0 Å². The standard InChI is InChI=1S/C21H20F3N3OS/c1-3-27(15-10-12-16(13-11-15)28-4-2)20-25-14-18(21(22,23)24)19(26-20)29-17-8-6-5-7-9-17/h5-14H,3-4H2,1-2H3. The van der Waals surface area contributed by atoms with E-state index < -0.39 is 11.7 Å². The average molecular weight is 419 g/mol. The molecule has 0 atom stereocenters. The molecule has 4 nitrogen and oxygen atoms in total. The van der Waals surface area contributed by atoms with Gasteiger partial charge in [0.15, 0.2) is 0 Å². The van der Waals surface area contributed by atoms with Gasteiger partial charge in [0.2, 0.25) is 5.95 Å². The smallest absolute Gasteiger partial charge is 0.420 e. The summed E-state index contributed by atoms with van der Waals surface area (Å²) >= 11 is 0.970. The Kier molecular flexibility index (Phi) is 6.64. The minimum absolute atomic E-state index is 0.127. The van der Waals surface area contributed by atoms with Gasteiger partial charge in [-0.25, -0.2) is 9.97 Å². The van der Waals surface area contributed by atoms with Gasteiger partial charge in [-0.15, -0.1) is 0 Å². The number of benzene rings is 2. The predicted molar refractivity (Wildman–Crippen MR) is 108 cm³/mol. The van der Waals surface area contributed by atoms with E-state index in [0.717, 1.165) is 29.4 Å². The zero-order chi connectivity index (χ0) is 20.9. The molecule has 3 rings (SSSR count). The van der Waals surface area contributed by atoms with Gasteiger partial charge in [0.05, 0.1) is 6.61 Å². The van der Waals surface area contributed by atoms with Crippen molar-refractivity contribution in [1.82, 2.24) is 9.97 Å². The summed E-state index contributed by atoms with van der Waals surface area (Å²) in [5, 5.41) is -0.127. The number of alkyl halides is 3. The lowest BCUT2D eigenvalue weighted by Crippen LogP contribution is -2.20. The third kappa shape index (κ3) is 5.20. The quantitative estimate of drug-likeness (QED) is 0.426. The molecule has 1 aromatic heterocycles. The molecule has 0 aliphatic rings. The van der Waals surface area contributed by atoms with E-state index in [4.69, 9.17) is 4.74 Å². The van der Waals surface area contributed by atoms with Crippen LogP contribution in [0.1, 0.15) is 19.4 Å². The molecule has 0 aliphatic carbocycles. The molecule has 2 aromatic carbocycles. The van der Waals surface area contributed by atoms with Crippen LogP contribution in [0.25, 0.3) is 0 Å². The fourth-order valence-electron chi connectivity index (χ4n) is 2.69. The molecule has 29 heavy (non-hydrogen) atoms. The summed E-state index contributed by atoms with van der Waals surface area (Å²) in [6.45, 7) is 4.84. The highest BCUT2D eigenvalue weighted by Crippen LogP contribution is 2.39. The molecule has 0 saturated carbocycles. The van der Waals surface area contributed by atoms with Gasteiger partial charge in [-0.3, -0.25) is 0 Å². The Labute approximate surface area is 171 Å². The number of aromatic nitrogens is 2. The summed E-state index contributed by atoms with van der Waals surface area (Å²) in [5.74, 6) is 0.934. The molecule has 152 valence electrons. The third-order valence-electron chi connectivity index (χ3n) is 4.02. The second-order valence-electron chi connectivity index (χ2n) is 5.97. The molecule has 1 heterocycles. The fraction of sp³-hybridized carbons (Fsp3) is 0.238. The number of hydrogen-bond donors (Lipinski definition) is 0. The van der Waals surface area contributed by atoms with E-state index in [2.05, 4.69) is 9.97 Å². The van der Waals surface area contributed by atoms with Crippen molar-refractivity contribution < 1.29 is 17.9 Å². The van der Waals surface area contributed by atoms with Gasteiger partial charge in [-0.1, -0.05) is 30.0 Å². The summed E-state index contributed by atoms with van der Waals surface area (Å²) in [4.78, 5) is 10.7. The SMILES string of the molecule is CCOc1ccc(N(CC)c2ncc(C(F)(F)F)c(Sc3ccccc3)n2)cc1. The van der Waals surface area contributed by atoms with E-state index in [1.807, 2.05) is 44.2 Å². The molecule has 0 fully saturated rings. The van der Waals surface area contributed by atoms with Crippen LogP contribution in [0.5, 0.6) is 5.75 Å². The van der Waals surface area contributed by atoms with Crippen molar-refractivity contribution in [3.8, 4) is 5.75 Å². The fourth-order valence-corrected chi connectivity index (χ4v) is 3.61. The maximum Gasteiger partial charge on any atom is 0.420 e. The lowest BCUT2D eigenvalue weighted by molar-refractivity contribution is -0.140. The highest BCUT2D eigenvalue weighted by Gasteiger charge is 2.35. The molecule has 8 heteroatoms. The molecular weight excluding hydrogens is 399 g/mol. The van der Waals surface area contributed by atoms with Gasteiger partial charge in [-0.05, 0) is 50.2 Å². The molecule has 0 saturated heterocycles. The number of rotatable bonds is 7. The molecule has 0 spiro atoms. The zero-order valence-corrected chi connectivity index (χ0v) is 16.8. The molecule has 0 aliphatic heterocycles. The number of ether oxygens (including phenoxy) is 1. The number of hydrogen-bond acceptors (Lipinski definition) is 5. The maximum absolute atomic E-state index is 13.5. The van der Waals surface area contributed by atoms with E-state index in [9.17, 15) is 13.2 Å². The Morgan fingerprint density at radius 1 is 1.00 bits per heavy atom. The zero-order valence-electron chi connectivity index (χ0n) is 16.0. The molecular formula is C21H20F3N3OS. The van der Waals surface area contributed by atoms with E-state index in [0.29, 0.717) is 18.0 Å². The van der Waals surface area contributed by atoms with Crippen LogP contribution in [0.2, 0.25) is 0 Å². The lowest BCUT2D eigenvalue weighted by Gasteiger charge is -2.22. The highest BCUT2D eigenvalue weighted by atomic mass is 32.2. The molecule has 3 aromatic rings. The Bertz CT molecular complexity index is 934. The van der Waals surface area contributed by atoms with Crippen molar-refractivity contribution in [1.29, 1.82) is 0 Å². The van der Waals surface area contributed by atoms with Crippen molar-refractivity contribution in [2.75, 3.05) is 18.1 Å². The number of nitrogens with zero attached hydrogens (tertiary/aromatic N) is 3. The Hall–Kier alpha value is -2.74. The van der Waals surface area contributed by atoms with Crippen LogP contribution in [-0.4, -0.2) is 23.1 Å². The Morgan fingerprint density at radius 2 is 1.69 bits per heavy atom. The summed E-state index contributed by atoms with van der Waals surface area (Å²) in [6.07, 6.45) is -3.68. The summed E-state index contributed by atoms with van der Waals surface area (Å²) in [7, 11) is 0. The summed E-state index contributed by atoms with van der Waals surface area (Å²) in [5.41, 5.74) is -0.0794.